The maximum absolute atomic E-state index is 12.7. The number of benzene rings is 2. The van der Waals surface area contributed by atoms with E-state index >= 15 is 0 Å². The van der Waals surface area contributed by atoms with E-state index in [9.17, 15) is 18.5 Å². The van der Waals surface area contributed by atoms with Gasteiger partial charge in [-0.1, -0.05) is 6.07 Å². The molecule has 0 spiro atoms. The highest BCUT2D eigenvalue weighted by Crippen LogP contribution is 2.31. The van der Waals surface area contributed by atoms with Gasteiger partial charge in [0, 0.05) is 19.2 Å². The van der Waals surface area contributed by atoms with Crippen molar-refractivity contribution in [2.75, 3.05) is 39.5 Å². The molecule has 0 atom stereocenters. The molecule has 0 aliphatic carbocycles. The minimum absolute atomic E-state index is 0.00931. The maximum atomic E-state index is 12.7. The number of aryl methyl sites for hydroxylation is 2. The first-order chi connectivity index (χ1) is 14.3. The molecule has 162 valence electrons. The molecule has 0 radical (unpaired) electrons. The van der Waals surface area contributed by atoms with Crippen LogP contribution in [0.2, 0.25) is 0 Å². The number of sulfonamides is 1. The highest BCUT2D eigenvalue weighted by Gasteiger charge is 2.29. The standard InChI is InChI=1S/C20H24N2O7S/c1-15-11-16(2)13-17(12-15)28-9-10-29-20-4-3-18(14-19(20)22(23)24)30(25,26)21-5-7-27-8-6-21/h3-4,11-14H,5-10H2,1-2H3. The zero-order valence-electron chi connectivity index (χ0n) is 16.9. The summed E-state index contributed by atoms with van der Waals surface area (Å²) in [6, 6.07) is 9.46. The minimum Gasteiger partial charge on any atom is -0.490 e. The fraction of sp³-hybridized carbons (Fsp3) is 0.400. The Labute approximate surface area is 175 Å². The first kappa shape index (κ1) is 22.0. The first-order valence-electron chi connectivity index (χ1n) is 9.47. The molecule has 1 aliphatic heterocycles. The third-order valence-corrected chi connectivity index (χ3v) is 6.43. The summed E-state index contributed by atoms with van der Waals surface area (Å²) in [5.41, 5.74) is 1.73. The zero-order chi connectivity index (χ0) is 21.7. The summed E-state index contributed by atoms with van der Waals surface area (Å²) in [4.78, 5) is 10.7. The SMILES string of the molecule is Cc1cc(C)cc(OCCOc2ccc(S(=O)(=O)N3CCOCC3)cc2[N+](=O)[O-])c1. The van der Waals surface area contributed by atoms with Gasteiger partial charge < -0.3 is 14.2 Å². The topological polar surface area (TPSA) is 108 Å². The summed E-state index contributed by atoms with van der Waals surface area (Å²) in [7, 11) is -3.84. The second-order valence-corrected chi connectivity index (χ2v) is 8.86. The van der Waals surface area contributed by atoms with E-state index in [1.165, 1.54) is 16.4 Å². The molecule has 1 saturated heterocycles. The van der Waals surface area contributed by atoms with Gasteiger partial charge in [-0.2, -0.15) is 4.31 Å². The number of rotatable bonds is 8. The molecule has 0 N–H and O–H groups in total. The number of nitrogens with zero attached hydrogens (tertiary/aromatic N) is 2. The van der Waals surface area contributed by atoms with Gasteiger partial charge >= 0.3 is 5.69 Å². The third-order valence-electron chi connectivity index (χ3n) is 4.54. The molecule has 1 fully saturated rings. The van der Waals surface area contributed by atoms with Gasteiger partial charge in [0.1, 0.15) is 19.0 Å². The molecule has 2 aromatic rings. The molecular formula is C20H24N2O7S. The normalized spacial score (nSPS) is 15.0. The Morgan fingerprint density at radius 1 is 1.03 bits per heavy atom. The van der Waals surface area contributed by atoms with Crippen LogP contribution in [0, 0.1) is 24.0 Å². The fourth-order valence-electron chi connectivity index (χ4n) is 3.19. The van der Waals surface area contributed by atoms with E-state index in [2.05, 4.69) is 0 Å². The summed E-state index contributed by atoms with van der Waals surface area (Å²) in [6.07, 6.45) is 0. The molecule has 0 bridgehead atoms. The van der Waals surface area contributed by atoms with Gasteiger partial charge in [0.25, 0.3) is 0 Å². The van der Waals surface area contributed by atoms with Crippen LogP contribution < -0.4 is 9.47 Å². The summed E-state index contributed by atoms with van der Waals surface area (Å²) in [6.45, 7) is 5.20. The second-order valence-electron chi connectivity index (χ2n) is 6.92. The van der Waals surface area contributed by atoms with Crippen LogP contribution in [-0.2, 0) is 14.8 Å². The van der Waals surface area contributed by atoms with Crippen LogP contribution in [0.15, 0.2) is 41.3 Å². The van der Waals surface area contributed by atoms with Crippen molar-refractivity contribution >= 4 is 15.7 Å². The molecule has 3 rings (SSSR count). The number of hydrogen-bond donors (Lipinski definition) is 0. The van der Waals surface area contributed by atoms with Crippen LogP contribution in [0.5, 0.6) is 11.5 Å². The van der Waals surface area contributed by atoms with Gasteiger partial charge in [-0.25, -0.2) is 8.42 Å². The lowest BCUT2D eigenvalue weighted by Gasteiger charge is -2.26. The van der Waals surface area contributed by atoms with Crippen molar-refractivity contribution in [3.05, 3.63) is 57.6 Å². The smallest absolute Gasteiger partial charge is 0.312 e. The van der Waals surface area contributed by atoms with Crippen molar-refractivity contribution < 1.29 is 27.6 Å². The average Bonchev–Trinajstić information content (AvgIpc) is 2.71. The maximum Gasteiger partial charge on any atom is 0.312 e. The minimum atomic E-state index is -3.84. The Kier molecular flexibility index (Phi) is 6.91. The van der Waals surface area contributed by atoms with Crippen molar-refractivity contribution in [1.29, 1.82) is 0 Å². The molecule has 0 aromatic heterocycles. The first-order valence-corrected chi connectivity index (χ1v) is 10.9. The van der Waals surface area contributed by atoms with Gasteiger partial charge in [-0.05, 0) is 49.2 Å². The summed E-state index contributed by atoms with van der Waals surface area (Å²) >= 11 is 0. The zero-order valence-corrected chi connectivity index (χ0v) is 17.7. The van der Waals surface area contributed by atoms with E-state index in [0.29, 0.717) is 19.0 Å². The molecule has 9 nitrogen and oxygen atoms in total. The van der Waals surface area contributed by atoms with Crippen LogP contribution in [0.1, 0.15) is 11.1 Å². The number of nitro benzene ring substituents is 1. The van der Waals surface area contributed by atoms with Crippen LogP contribution in [-0.4, -0.2) is 57.2 Å². The van der Waals surface area contributed by atoms with Gasteiger partial charge in [0.15, 0.2) is 5.75 Å². The average molecular weight is 436 g/mol. The van der Waals surface area contributed by atoms with Crippen LogP contribution in [0.25, 0.3) is 0 Å². The largest absolute Gasteiger partial charge is 0.490 e. The number of morpholine rings is 1. The molecule has 1 aliphatic rings. The quantitative estimate of drug-likeness (QED) is 0.356. The molecule has 0 unspecified atom stereocenters. The fourth-order valence-corrected chi connectivity index (χ4v) is 4.61. The number of ether oxygens (including phenoxy) is 3. The summed E-state index contributed by atoms with van der Waals surface area (Å²) < 4.78 is 43.0. The number of hydrogen-bond acceptors (Lipinski definition) is 7. The highest BCUT2D eigenvalue weighted by atomic mass is 32.2. The molecule has 30 heavy (non-hydrogen) atoms. The number of nitro groups is 1. The Bertz CT molecular complexity index is 998. The van der Waals surface area contributed by atoms with E-state index in [0.717, 1.165) is 17.2 Å². The van der Waals surface area contributed by atoms with Gasteiger partial charge in [0.2, 0.25) is 10.0 Å². The van der Waals surface area contributed by atoms with E-state index in [-0.39, 0.29) is 36.9 Å². The summed E-state index contributed by atoms with van der Waals surface area (Å²) in [5, 5.41) is 11.5. The van der Waals surface area contributed by atoms with Gasteiger partial charge in [-0.3, -0.25) is 10.1 Å². The van der Waals surface area contributed by atoms with Crippen molar-refractivity contribution in [3.63, 3.8) is 0 Å². The molecule has 2 aromatic carbocycles. The van der Waals surface area contributed by atoms with Crippen LogP contribution in [0.4, 0.5) is 5.69 Å². The van der Waals surface area contributed by atoms with Crippen LogP contribution in [0.3, 0.4) is 0 Å². The van der Waals surface area contributed by atoms with E-state index in [1.54, 1.807) is 0 Å². The van der Waals surface area contributed by atoms with Crippen molar-refractivity contribution in [3.8, 4) is 11.5 Å². The van der Waals surface area contributed by atoms with E-state index in [1.807, 2.05) is 32.0 Å². The van der Waals surface area contributed by atoms with Gasteiger partial charge in [-0.15, -0.1) is 0 Å². The molecule has 1 heterocycles. The van der Waals surface area contributed by atoms with E-state index in [4.69, 9.17) is 14.2 Å². The van der Waals surface area contributed by atoms with E-state index < -0.39 is 20.6 Å². The monoisotopic (exact) mass is 436 g/mol. The van der Waals surface area contributed by atoms with Crippen molar-refractivity contribution in [2.24, 2.45) is 0 Å². The lowest BCUT2D eigenvalue weighted by molar-refractivity contribution is -0.386. The predicted molar refractivity (Wildman–Crippen MR) is 110 cm³/mol. The lowest BCUT2D eigenvalue weighted by atomic mass is 10.1. The predicted octanol–water partition coefficient (Wildman–Crippen LogP) is 2.69. The molecular weight excluding hydrogens is 412 g/mol. The summed E-state index contributed by atoms with van der Waals surface area (Å²) in [5.74, 6) is 0.683. The molecule has 0 saturated carbocycles. The Morgan fingerprint density at radius 3 is 2.30 bits per heavy atom. The second kappa shape index (κ2) is 9.41. The lowest BCUT2D eigenvalue weighted by Crippen LogP contribution is -2.40. The Balaban J connectivity index is 1.68. The van der Waals surface area contributed by atoms with Crippen molar-refractivity contribution in [1.82, 2.24) is 4.31 Å². The highest BCUT2D eigenvalue weighted by molar-refractivity contribution is 7.89. The van der Waals surface area contributed by atoms with Gasteiger partial charge in [0.05, 0.1) is 23.0 Å². The Hall–Kier alpha value is -2.69. The van der Waals surface area contributed by atoms with Crippen LogP contribution >= 0.6 is 0 Å². The third kappa shape index (κ3) is 5.26. The van der Waals surface area contributed by atoms with Crippen molar-refractivity contribution in [2.45, 2.75) is 18.7 Å². The molecule has 10 heteroatoms. The Morgan fingerprint density at radius 2 is 1.67 bits per heavy atom. The molecule has 0 amide bonds.